The summed E-state index contributed by atoms with van der Waals surface area (Å²) in [4.78, 5) is 2.06. The summed E-state index contributed by atoms with van der Waals surface area (Å²) in [5.74, 6) is 3.18. The number of aromatic nitrogens is 4. The summed E-state index contributed by atoms with van der Waals surface area (Å²) in [7, 11) is 0. The highest BCUT2D eigenvalue weighted by Crippen LogP contribution is 2.55. The lowest BCUT2D eigenvalue weighted by Crippen LogP contribution is -2.76. The first kappa shape index (κ1) is 20.9. The summed E-state index contributed by atoms with van der Waals surface area (Å²) in [6, 6.07) is 33.7. The Morgan fingerprint density at radius 3 is 2.45 bits per heavy atom. The largest absolute Gasteiger partial charge is 0.456 e. The van der Waals surface area contributed by atoms with Crippen LogP contribution in [0.3, 0.4) is 0 Å². The molecule has 0 aliphatic carbocycles. The fraction of sp³-hybridized carbons (Fsp3) is 0.0606. The average molecular weight is 537 g/mol. The normalized spacial score (nSPS) is 17.1. The van der Waals surface area contributed by atoms with Crippen molar-refractivity contribution in [1.82, 2.24) is 9.90 Å². The van der Waals surface area contributed by atoms with Gasteiger partial charge in [-0.25, -0.2) is 0 Å². The number of thiophene rings is 1. The van der Waals surface area contributed by atoms with Crippen molar-refractivity contribution in [3.05, 3.63) is 120 Å². The topological polar surface area (TPSA) is 44.0 Å². The number of fused-ring (bicyclic) bond motifs is 6. The minimum Gasteiger partial charge on any atom is -0.456 e. The molecule has 3 aromatic heterocycles. The Labute approximate surface area is 232 Å². The SMILES string of the molecule is Cc1c(-c2ccc3sc4ccccc4c3c2)nn2[n+]1C13c4c(cccc4Oc4cccc[n+]41)Oc1cccc-2c13. The molecule has 3 aliphatic rings. The summed E-state index contributed by atoms with van der Waals surface area (Å²) >= 11 is 1.83. The number of hydrogen-bond acceptors (Lipinski definition) is 4. The fourth-order valence-corrected chi connectivity index (χ4v) is 8.06. The molecule has 0 fully saturated rings. The Kier molecular flexibility index (Phi) is 3.63. The van der Waals surface area contributed by atoms with Gasteiger partial charge in [-0.1, -0.05) is 35.0 Å². The zero-order valence-electron chi connectivity index (χ0n) is 21.3. The van der Waals surface area contributed by atoms with Gasteiger partial charge in [-0.05, 0) is 59.4 Å². The Balaban J connectivity index is 1.33. The van der Waals surface area contributed by atoms with E-state index in [4.69, 9.17) is 14.6 Å². The van der Waals surface area contributed by atoms with Crippen LogP contribution in [0.1, 0.15) is 16.8 Å². The van der Waals surface area contributed by atoms with Crippen LogP contribution in [0.2, 0.25) is 0 Å². The molecule has 6 nitrogen and oxygen atoms in total. The molecular weight excluding hydrogens is 516 g/mol. The number of hydrogen-bond donors (Lipinski definition) is 0. The molecule has 0 radical (unpaired) electrons. The third-order valence-corrected chi connectivity index (χ3v) is 9.66. The van der Waals surface area contributed by atoms with E-state index in [0.717, 1.165) is 56.9 Å². The van der Waals surface area contributed by atoms with Gasteiger partial charge in [-0.15, -0.1) is 15.9 Å². The zero-order chi connectivity index (χ0) is 26.2. The quantitative estimate of drug-likeness (QED) is 0.222. The van der Waals surface area contributed by atoms with Gasteiger partial charge in [0, 0.05) is 38.7 Å². The standard InChI is InChI=1S/C33H20N4O2S/c1-19-32(20-15-16-28-22(18-20)21-8-2-3-13-27(21)40-28)34-37-23-9-6-10-24-30(23)33(36(19)37)31-25(38-24)11-7-12-26(31)39-29-14-4-5-17-35(29)33/h2-18H,1H3/q+2. The van der Waals surface area contributed by atoms with E-state index in [-0.39, 0.29) is 0 Å². The van der Waals surface area contributed by atoms with Crippen LogP contribution < -0.4 is 18.7 Å². The number of benzene rings is 4. The number of rotatable bonds is 1. The maximum Gasteiger partial charge on any atom is 0.395 e. The molecule has 0 bridgehead atoms. The molecule has 0 saturated heterocycles. The van der Waals surface area contributed by atoms with Crippen LogP contribution in [-0.4, -0.2) is 9.90 Å². The molecule has 6 heterocycles. The monoisotopic (exact) mass is 536 g/mol. The van der Waals surface area contributed by atoms with E-state index < -0.39 is 5.66 Å². The maximum absolute atomic E-state index is 6.51. The fourth-order valence-electron chi connectivity index (χ4n) is 6.97. The van der Waals surface area contributed by atoms with Crippen molar-refractivity contribution in [3.8, 4) is 40.1 Å². The van der Waals surface area contributed by atoms with Gasteiger partial charge in [0.25, 0.3) is 5.69 Å². The van der Waals surface area contributed by atoms with Gasteiger partial charge in [-0.2, -0.15) is 0 Å². The van der Waals surface area contributed by atoms with Crippen molar-refractivity contribution in [3.63, 3.8) is 0 Å². The minimum absolute atomic E-state index is 0.751. The van der Waals surface area contributed by atoms with Crippen molar-refractivity contribution in [2.45, 2.75) is 12.6 Å². The minimum atomic E-state index is -0.751. The van der Waals surface area contributed by atoms with Crippen LogP contribution in [0.5, 0.6) is 23.1 Å². The lowest BCUT2D eigenvalue weighted by Gasteiger charge is -2.33. The molecule has 40 heavy (non-hydrogen) atoms. The second-order valence-electron chi connectivity index (χ2n) is 10.5. The van der Waals surface area contributed by atoms with Gasteiger partial charge in [0.15, 0.2) is 28.8 Å². The van der Waals surface area contributed by atoms with Gasteiger partial charge in [0.05, 0.1) is 11.2 Å². The first-order valence-electron chi connectivity index (χ1n) is 13.3. The van der Waals surface area contributed by atoms with Crippen molar-refractivity contribution in [1.29, 1.82) is 0 Å². The lowest BCUT2D eigenvalue weighted by atomic mass is 9.85. The molecule has 7 aromatic rings. The predicted molar refractivity (Wildman–Crippen MR) is 152 cm³/mol. The molecule has 7 heteroatoms. The smallest absolute Gasteiger partial charge is 0.395 e. The Morgan fingerprint density at radius 2 is 1.52 bits per heavy atom. The molecule has 0 saturated carbocycles. The van der Waals surface area contributed by atoms with Crippen LogP contribution in [0, 0.1) is 6.92 Å². The molecule has 3 aliphatic heterocycles. The molecule has 0 N–H and O–H groups in total. The Bertz CT molecular complexity index is 2250. The summed E-state index contributed by atoms with van der Waals surface area (Å²) in [6.07, 6.45) is 2.10. The van der Waals surface area contributed by atoms with E-state index in [2.05, 4.69) is 81.8 Å². The zero-order valence-corrected chi connectivity index (χ0v) is 22.1. The van der Waals surface area contributed by atoms with E-state index in [1.54, 1.807) is 0 Å². The van der Waals surface area contributed by atoms with Crippen LogP contribution in [0.4, 0.5) is 0 Å². The number of ether oxygens (including phenoxy) is 2. The Hall–Kier alpha value is -5.01. The highest BCUT2D eigenvalue weighted by atomic mass is 32.1. The second kappa shape index (κ2) is 6.94. The van der Waals surface area contributed by atoms with E-state index in [1.165, 1.54) is 20.2 Å². The third-order valence-electron chi connectivity index (χ3n) is 8.51. The summed E-state index contributed by atoms with van der Waals surface area (Å²) in [5, 5.41) is 7.86. The molecule has 10 rings (SSSR count). The molecule has 188 valence electrons. The first-order chi connectivity index (χ1) is 19.7. The average Bonchev–Trinajstić information content (AvgIpc) is 3.63. The van der Waals surface area contributed by atoms with E-state index >= 15 is 0 Å². The summed E-state index contributed by atoms with van der Waals surface area (Å²) in [6.45, 7) is 2.17. The van der Waals surface area contributed by atoms with Gasteiger partial charge in [0.1, 0.15) is 17.2 Å². The highest BCUT2D eigenvalue weighted by Gasteiger charge is 2.69. The van der Waals surface area contributed by atoms with E-state index in [1.807, 2.05) is 53.8 Å². The maximum atomic E-state index is 6.51. The van der Waals surface area contributed by atoms with Crippen LogP contribution in [-0.2, 0) is 5.66 Å². The van der Waals surface area contributed by atoms with Crippen LogP contribution >= 0.6 is 11.3 Å². The van der Waals surface area contributed by atoms with Crippen LogP contribution in [0.25, 0.3) is 37.1 Å². The summed E-state index contributed by atoms with van der Waals surface area (Å²) in [5.41, 5.74) is 5.42. The molecule has 1 spiro atoms. The van der Waals surface area contributed by atoms with Crippen molar-refractivity contribution in [2.24, 2.45) is 0 Å². The van der Waals surface area contributed by atoms with E-state index in [0.29, 0.717) is 0 Å². The number of nitrogens with zero attached hydrogens (tertiary/aromatic N) is 4. The Morgan fingerprint density at radius 1 is 0.750 bits per heavy atom. The van der Waals surface area contributed by atoms with Gasteiger partial charge in [0.2, 0.25) is 0 Å². The lowest BCUT2D eigenvalue weighted by molar-refractivity contribution is -1.00. The van der Waals surface area contributed by atoms with Crippen molar-refractivity contribution in [2.75, 3.05) is 0 Å². The third kappa shape index (κ3) is 2.27. The van der Waals surface area contributed by atoms with Gasteiger partial charge in [-0.3, -0.25) is 0 Å². The molecule has 1 atom stereocenters. The predicted octanol–water partition coefficient (Wildman–Crippen LogP) is 6.61. The number of pyridine rings is 1. The highest BCUT2D eigenvalue weighted by molar-refractivity contribution is 7.25. The van der Waals surface area contributed by atoms with Gasteiger partial charge < -0.3 is 9.47 Å². The van der Waals surface area contributed by atoms with Crippen molar-refractivity contribution < 1.29 is 18.7 Å². The van der Waals surface area contributed by atoms with Crippen molar-refractivity contribution >= 4 is 31.5 Å². The molecule has 0 amide bonds. The summed E-state index contributed by atoms with van der Waals surface area (Å²) < 4.78 is 20.1. The first-order valence-corrected chi connectivity index (χ1v) is 14.1. The molecule has 1 unspecified atom stereocenters. The molecule has 4 aromatic carbocycles. The van der Waals surface area contributed by atoms with Gasteiger partial charge >= 0.3 is 11.5 Å². The molecular formula is C33H20N4O2S+2. The van der Waals surface area contributed by atoms with Crippen LogP contribution in [0.15, 0.2) is 103 Å². The second-order valence-corrected chi connectivity index (χ2v) is 11.6. The van der Waals surface area contributed by atoms with E-state index in [9.17, 15) is 0 Å².